The highest BCUT2D eigenvalue weighted by molar-refractivity contribution is 7.89. The monoisotopic (exact) mass is 258 g/mol. The number of hydrogen-bond acceptors (Lipinski definition) is 4. The maximum Gasteiger partial charge on any atom is 0.242 e. The molecule has 0 amide bonds. The number of benzene rings is 1. The van der Waals surface area contributed by atoms with Gasteiger partial charge in [-0.3, -0.25) is 0 Å². The van der Waals surface area contributed by atoms with Crippen molar-refractivity contribution in [2.75, 3.05) is 32.1 Å². The highest BCUT2D eigenvalue weighted by atomic mass is 32.2. The first-order valence-corrected chi connectivity index (χ1v) is 6.91. The quantitative estimate of drug-likeness (QED) is 0.717. The van der Waals surface area contributed by atoms with Crippen molar-refractivity contribution >= 4 is 15.7 Å². The average Bonchev–Trinajstić information content (AvgIpc) is 2.30. The Labute approximate surface area is 102 Å². The molecule has 96 valence electrons. The van der Waals surface area contributed by atoms with Gasteiger partial charge < -0.3 is 10.1 Å². The fraction of sp³-hybridized carbons (Fsp3) is 0.455. The van der Waals surface area contributed by atoms with Crippen LogP contribution in [0.5, 0.6) is 0 Å². The minimum atomic E-state index is -3.43. The smallest absolute Gasteiger partial charge is 0.242 e. The zero-order chi connectivity index (χ0) is 12.7. The van der Waals surface area contributed by atoms with Gasteiger partial charge in [-0.15, -0.1) is 0 Å². The van der Waals surface area contributed by atoms with Gasteiger partial charge in [0.05, 0.1) is 12.3 Å². The van der Waals surface area contributed by atoms with Crippen molar-refractivity contribution in [3.05, 3.63) is 24.3 Å². The predicted molar refractivity (Wildman–Crippen MR) is 67.7 cm³/mol. The first-order valence-electron chi connectivity index (χ1n) is 5.43. The number of para-hydroxylation sites is 1. The Morgan fingerprint density at radius 3 is 2.65 bits per heavy atom. The van der Waals surface area contributed by atoms with Gasteiger partial charge in [0.2, 0.25) is 10.0 Å². The molecule has 0 spiro atoms. The molecule has 0 aliphatic rings. The minimum absolute atomic E-state index is 0.262. The maximum atomic E-state index is 11.9. The molecule has 1 aromatic rings. The third kappa shape index (κ3) is 3.99. The summed E-state index contributed by atoms with van der Waals surface area (Å²) in [6.45, 7) is 3.21. The first-order chi connectivity index (χ1) is 8.11. The summed E-state index contributed by atoms with van der Waals surface area (Å²) in [4.78, 5) is 0.262. The average molecular weight is 258 g/mol. The summed E-state index contributed by atoms with van der Waals surface area (Å²) in [6, 6.07) is 6.80. The van der Waals surface area contributed by atoms with E-state index < -0.39 is 10.0 Å². The second kappa shape index (κ2) is 6.58. The van der Waals surface area contributed by atoms with Crippen LogP contribution in [0.25, 0.3) is 0 Å². The number of rotatable bonds is 7. The molecular weight excluding hydrogens is 240 g/mol. The zero-order valence-corrected chi connectivity index (χ0v) is 10.9. The second-order valence-electron chi connectivity index (χ2n) is 3.42. The van der Waals surface area contributed by atoms with E-state index >= 15 is 0 Å². The van der Waals surface area contributed by atoms with E-state index in [0.717, 1.165) is 0 Å². The van der Waals surface area contributed by atoms with Gasteiger partial charge in [0, 0.05) is 20.2 Å². The third-order valence-corrected chi connectivity index (χ3v) is 3.74. The van der Waals surface area contributed by atoms with Crippen LogP contribution in [0, 0.1) is 0 Å². The molecule has 0 heterocycles. The summed E-state index contributed by atoms with van der Waals surface area (Å²) >= 11 is 0. The molecule has 1 aromatic carbocycles. The number of anilines is 1. The molecule has 5 nitrogen and oxygen atoms in total. The van der Waals surface area contributed by atoms with E-state index in [1.165, 1.54) is 0 Å². The molecule has 0 saturated heterocycles. The summed E-state index contributed by atoms with van der Waals surface area (Å²) < 4.78 is 31.2. The van der Waals surface area contributed by atoms with Crippen LogP contribution in [0.3, 0.4) is 0 Å². The molecule has 0 aliphatic carbocycles. The fourth-order valence-corrected chi connectivity index (χ4v) is 2.63. The van der Waals surface area contributed by atoms with Crippen LogP contribution >= 0.6 is 0 Å². The van der Waals surface area contributed by atoms with E-state index in [1.807, 2.05) is 0 Å². The van der Waals surface area contributed by atoms with E-state index in [0.29, 0.717) is 25.4 Å². The number of sulfonamides is 1. The van der Waals surface area contributed by atoms with Crippen molar-refractivity contribution in [1.82, 2.24) is 4.72 Å². The van der Waals surface area contributed by atoms with Gasteiger partial charge >= 0.3 is 0 Å². The first kappa shape index (κ1) is 14.0. The molecule has 0 atom stereocenters. The second-order valence-corrected chi connectivity index (χ2v) is 5.15. The lowest BCUT2D eigenvalue weighted by molar-refractivity contribution is 0.210. The molecule has 0 bridgehead atoms. The van der Waals surface area contributed by atoms with Crippen molar-refractivity contribution in [3.8, 4) is 0 Å². The van der Waals surface area contributed by atoms with Crippen LogP contribution in [0.4, 0.5) is 5.69 Å². The number of methoxy groups -OCH3 is 1. The van der Waals surface area contributed by atoms with E-state index in [9.17, 15) is 8.42 Å². The number of nitrogens with one attached hydrogen (secondary N) is 2. The molecule has 17 heavy (non-hydrogen) atoms. The fourth-order valence-electron chi connectivity index (χ4n) is 1.40. The van der Waals surface area contributed by atoms with Crippen LogP contribution in [-0.2, 0) is 14.8 Å². The van der Waals surface area contributed by atoms with Crippen LogP contribution in [0.2, 0.25) is 0 Å². The van der Waals surface area contributed by atoms with Crippen molar-refractivity contribution in [1.29, 1.82) is 0 Å². The van der Waals surface area contributed by atoms with Gasteiger partial charge in [0.25, 0.3) is 0 Å². The lowest BCUT2D eigenvalue weighted by Gasteiger charge is -2.12. The minimum Gasteiger partial charge on any atom is -0.383 e. The third-order valence-electron chi connectivity index (χ3n) is 2.13. The largest absolute Gasteiger partial charge is 0.383 e. The van der Waals surface area contributed by atoms with Crippen LogP contribution in [0.15, 0.2) is 29.2 Å². The Morgan fingerprint density at radius 1 is 1.29 bits per heavy atom. The number of hydrogen-bond donors (Lipinski definition) is 2. The summed E-state index contributed by atoms with van der Waals surface area (Å²) in [6.07, 6.45) is 0. The van der Waals surface area contributed by atoms with E-state index in [2.05, 4.69) is 10.0 Å². The van der Waals surface area contributed by atoms with Gasteiger partial charge in [-0.05, 0) is 12.1 Å². The standard InChI is InChI=1S/C11H18N2O3S/c1-3-13-17(14,15)11-7-5-4-6-10(11)12-8-9-16-2/h4-7,12-13H,3,8-9H2,1-2H3. The van der Waals surface area contributed by atoms with Crippen molar-refractivity contribution in [2.45, 2.75) is 11.8 Å². The zero-order valence-electron chi connectivity index (χ0n) is 10.1. The molecule has 0 saturated carbocycles. The topological polar surface area (TPSA) is 67.4 Å². The SMILES string of the molecule is CCNS(=O)(=O)c1ccccc1NCCOC. The molecule has 2 N–H and O–H groups in total. The molecule has 0 fully saturated rings. The summed E-state index contributed by atoms with van der Waals surface area (Å²) in [5.74, 6) is 0. The van der Waals surface area contributed by atoms with Gasteiger partial charge in [0.15, 0.2) is 0 Å². The van der Waals surface area contributed by atoms with Crippen LogP contribution < -0.4 is 10.0 Å². The Kier molecular flexibility index (Phi) is 5.40. The predicted octanol–water partition coefficient (Wildman–Crippen LogP) is 1.04. The van der Waals surface area contributed by atoms with Crippen molar-refractivity contribution in [2.24, 2.45) is 0 Å². The Balaban J connectivity index is 2.91. The van der Waals surface area contributed by atoms with Crippen LogP contribution in [-0.4, -0.2) is 35.2 Å². The molecule has 6 heteroatoms. The van der Waals surface area contributed by atoms with Crippen molar-refractivity contribution < 1.29 is 13.2 Å². The molecule has 0 aromatic heterocycles. The van der Waals surface area contributed by atoms with Crippen molar-refractivity contribution in [3.63, 3.8) is 0 Å². The number of ether oxygens (including phenoxy) is 1. The van der Waals surface area contributed by atoms with E-state index in [1.54, 1.807) is 38.3 Å². The van der Waals surface area contributed by atoms with Crippen LogP contribution in [0.1, 0.15) is 6.92 Å². The normalized spacial score (nSPS) is 11.4. The molecule has 0 aliphatic heterocycles. The Hall–Kier alpha value is -1.11. The summed E-state index contributed by atoms with van der Waals surface area (Å²) in [7, 11) is -1.83. The molecule has 0 radical (unpaired) electrons. The Morgan fingerprint density at radius 2 is 2.00 bits per heavy atom. The van der Waals surface area contributed by atoms with E-state index in [4.69, 9.17) is 4.74 Å². The summed E-state index contributed by atoms with van der Waals surface area (Å²) in [5.41, 5.74) is 0.588. The maximum absolute atomic E-state index is 11.9. The lowest BCUT2D eigenvalue weighted by atomic mass is 10.3. The van der Waals surface area contributed by atoms with Gasteiger partial charge in [-0.2, -0.15) is 0 Å². The molecule has 1 rings (SSSR count). The van der Waals surface area contributed by atoms with Gasteiger partial charge in [-0.1, -0.05) is 19.1 Å². The highest BCUT2D eigenvalue weighted by Gasteiger charge is 2.16. The van der Waals surface area contributed by atoms with Gasteiger partial charge in [0.1, 0.15) is 4.90 Å². The lowest BCUT2D eigenvalue weighted by Crippen LogP contribution is -2.24. The summed E-state index contributed by atoms with van der Waals surface area (Å²) in [5, 5.41) is 3.03. The highest BCUT2D eigenvalue weighted by Crippen LogP contribution is 2.20. The van der Waals surface area contributed by atoms with Gasteiger partial charge in [-0.25, -0.2) is 13.1 Å². The molecule has 0 unspecified atom stereocenters. The molecular formula is C11H18N2O3S. The van der Waals surface area contributed by atoms with E-state index in [-0.39, 0.29) is 4.90 Å². The Bertz CT molecular complexity index is 446.